The summed E-state index contributed by atoms with van der Waals surface area (Å²) in [5.74, 6) is -0.552. The number of nitrogens with zero attached hydrogens (tertiary/aromatic N) is 1. The van der Waals surface area contributed by atoms with Gasteiger partial charge in [0.2, 0.25) is 5.91 Å². The summed E-state index contributed by atoms with van der Waals surface area (Å²) < 4.78 is 10.4. The van der Waals surface area contributed by atoms with Crippen LogP contribution in [-0.2, 0) is 16.0 Å². The summed E-state index contributed by atoms with van der Waals surface area (Å²) in [5, 5.41) is 15.3. The lowest BCUT2D eigenvalue weighted by atomic mass is 10.0. The minimum absolute atomic E-state index is 0.00242. The summed E-state index contributed by atoms with van der Waals surface area (Å²) in [5.41, 5.74) is 1.50. The van der Waals surface area contributed by atoms with Gasteiger partial charge in [-0.3, -0.25) is 9.59 Å². The number of anilines is 1. The maximum absolute atomic E-state index is 12.7. The second kappa shape index (κ2) is 9.69. The Labute approximate surface area is 184 Å². The molecule has 0 unspecified atom stereocenters. The Balaban J connectivity index is 1.78. The molecule has 2 aromatic rings. The third-order valence-electron chi connectivity index (χ3n) is 4.72. The van der Waals surface area contributed by atoms with E-state index in [1.807, 2.05) is 0 Å². The highest BCUT2D eigenvalue weighted by molar-refractivity contribution is 6.16. The van der Waals surface area contributed by atoms with Crippen molar-refractivity contribution in [1.82, 2.24) is 10.2 Å². The van der Waals surface area contributed by atoms with E-state index in [1.54, 1.807) is 36.4 Å². The fraction of sp³-hybridized carbons (Fsp3) is 0.174. The van der Waals surface area contributed by atoms with Crippen molar-refractivity contribution in [2.24, 2.45) is 0 Å². The van der Waals surface area contributed by atoms with Crippen LogP contribution >= 0.6 is 0 Å². The average Bonchev–Trinajstić information content (AvgIpc) is 3.03. The highest BCUT2D eigenvalue weighted by Gasteiger charge is 2.35. The maximum atomic E-state index is 12.7. The highest BCUT2D eigenvalue weighted by Crippen LogP contribution is 2.33. The van der Waals surface area contributed by atoms with Crippen molar-refractivity contribution in [3.8, 4) is 17.2 Å². The summed E-state index contributed by atoms with van der Waals surface area (Å²) >= 11 is 0. The number of hydrogen-bond donors (Lipinski definition) is 3. The van der Waals surface area contributed by atoms with Crippen LogP contribution in [0.15, 0.2) is 54.8 Å². The van der Waals surface area contributed by atoms with Gasteiger partial charge >= 0.3 is 6.03 Å². The number of para-hydroxylation sites is 2. The number of methoxy groups -OCH3 is 2. The molecule has 166 valence electrons. The van der Waals surface area contributed by atoms with Crippen molar-refractivity contribution >= 4 is 29.6 Å². The van der Waals surface area contributed by atoms with Gasteiger partial charge in [-0.2, -0.15) is 0 Å². The number of ether oxygens (including phenoxy) is 2. The first kappa shape index (κ1) is 22.4. The van der Waals surface area contributed by atoms with Gasteiger partial charge < -0.3 is 25.2 Å². The number of phenolic OH excluding ortho intramolecular Hbond substituents is 1. The molecule has 9 heteroatoms. The number of rotatable bonds is 8. The first-order valence-electron chi connectivity index (χ1n) is 9.66. The van der Waals surface area contributed by atoms with Crippen LogP contribution in [0.25, 0.3) is 6.08 Å². The molecule has 0 aliphatic carbocycles. The summed E-state index contributed by atoms with van der Waals surface area (Å²) in [6, 6.07) is 9.27. The lowest BCUT2D eigenvalue weighted by Crippen LogP contribution is -2.38. The van der Waals surface area contributed by atoms with Gasteiger partial charge in [-0.25, -0.2) is 9.69 Å². The number of imide groups is 1. The van der Waals surface area contributed by atoms with Crippen LogP contribution in [0, 0.1) is 0 Å². The molecule has 1 aliphatic rings. The first-order chi connectivity index (χ1) is 15.4. The predicted molar refractivity (Wildman–Crippen MR) is 118 cm³/mol. The Morgan fingerprint density at radius 2 is 1.91 bits per heavy atom. The van der Waals surface area contributed by atoms with Gasteiger partial charge in [-0.1, -0.05) is 18.2 Å². The monoisotopic (exact) mass is 437 g/mol. The van der Waals surface area contributed by atoms with E-state index in [0.29, 0.717) is 29.0 Å². The molecule has 3 N–H and O–H groups in total. The summed E-state index contributed by atoms with van der Waals surface area (Å²) in [6.45, 7) is 3.18. The fourth-order valence-corrected chi connectivity index (χ4v) is 3.20. The van der Waals surface area contributed by atoms with Crippen molar-refractivity contribution in [3.63, 3.8) is 0 Å². The van der Waals surface area contributed by atoms with E-state index >= 15 is 0 Å². The molecule has 0 radical (unpaired) electrons. The highest BCUT2D eigenvalue weighted by atomic mass is 16.5. The van der Waals surface area contributed by atoms with Gasteiger partial charge in [0, 0.05) is 5.56 Å². The molecule has 1 aliphatic heterocycles. The molecule has 2 aromatic carbocycles. The SMILES string of the molecule is C=CCc1cc(/C=C2/NC(=O)N(CC(=O)Nc3ccccc3OC)C2=O)cc(OC)c1O. The van der Waals surface area contributed by atoms with Crippen molar-refractivity contribution in [1.29, 1.82) is 0 Å². The van der Waals surface area contributed by atoms with Gasteiger partial charge in [-0.15, -0.1) is 6.58 Å². The fourth-order valence-electron chi connectivity index (χ4n) is 3.20. The second-order valence-electron chi connectivity index (χ2n) is 6.85. The summed E-state index contributed by atoms with van der Waals surface area (Å²) in [4.78, 5) is 38.3. The zero-order valence-electron chi connectivity index (χ0n) is 17.7. The number of urea groups is 1. The standard InChI is InChI=1S/C23H23N3O6/c1-4-7-15-10-14(12-19(32-3)21(15)28)11-17-22(29)26(23(30)25-17)13-20(27)24-16-8-5-6-9-18(16)31-2/h4-6,8-12,28H,1,7,13H2,2-3H3,(H,24,27)(H,25,30)/b17-11+. The van der Waals surface area contributed by atoms with Crippen LogP contribution in [0.3, 0.4) is 0 Å². The molecule has 4 amide bonds. The molecule has 3 rings (SSSR count). The number of carbonyl (C=O) groups is 3. The Morgan fingerprint density at radius 1 is 1.19 bits per heavy atom. The Hall–Kier alpha value is -4.27. The van der Waals surface area contributed by atoms with Gasteiger partial charge in [0.25, 0.3) is 5.91 Å². The Kier molecular flexibility index (Phi) is 6.79. The molecule has 0 bridgehead atoms. The average molecular weight is 437 g/mol. The number of allylic oxidation sites excluding steroid dienone is 1. The molecule has 1 fully saturated rings. The van der Waals surface area contributed by atoms with Crippen molar-refractivity contribution in [3.05, 3.63) is 65.9 Å². The van der Waals surface area contributed by atoms with Crippen LogP contribution in [0.1, 0.15) is 11.1 Å². The van der Waals surface area contributed by atoms with E-state index in [0.717, 1.165) is 4.90 Å². The quantitative estimate of drug-likeness (QED) is 0.332. The number of amides is 4. The van der Waals surface area contributed by atoms with E-state index in [2.05, 4.69) is 17.2 Å². The molecule has 1 saturated heterocycles. The predicted octanol–water partition coefficient (Wildman–Crippen LogP) is 2.67. The van der Waals surface area contributed by atoms with E-state index in [9.17, 15) is 19.5 Å². The second-order valence-corrected chi connectivity index (χ2v) is 6.85. The van der Waals surface area contributed by atoms with Gasteiger partial charge in [0.1, 0.15) is 18.0 Å². The third kappa shape index (κ3) is 4.72. The maximum Gasteiger partial charge on any atom is 0.329 e. The van der Waals surface area contributed by atoms with Gasteiger partial charge in [0.15, 0.2) is 11.5 Å². The summed E-state index contributed by atoms with van der Waals surface area (Å²) in [7, 11) is 2.88. The number of aromatic hydroxyl groups is 1. The van der Waals surface area contributed by atoms with Crippen molar-refractivity contribution < 1.29 is 29.0 Å². The van der Waals surface area contributed by atoms with E-state index < -0.39 is 24.4 Å². The Morgan fingerprint density at radius 3 is 2.59 bits per heavy atom. The number of carbonyl (C=O) groups excluding carboxylic acids is 3. The van der Waals surface area contributed by atoms with E-state index in [-0.39, 0.29) is 17.2 Å². The van der Waals surface area contributed by atoms with Crippen LogP contribution in [0.5, 0.6) is 17.2 Å². The molecule has 0 spiro atoms. The lowest BCUT2D eigenvalue weighted by molar-refractivity contribution is -0.127. The van der Waals surface area contributed by atoms with Crippen LogP contribution in [0.2, 0.25) is 0 Å². The zero-order chi connectivity index (χ0) is 23.3. The lowest BCUT2D eigenvalue weighted by Gasteiger charge is -2.13. The molecular weight excluding hydrogens is 414 g/mol. The minimum Gasteiger partial charge on any atom is -0.504 e. The van der Waals surface area contributed by atoms with E-state index in [1.165, 1.54) is 26.4 Å². The summed E-state index contributed by atoms with van der Waals surface area (Å²) in [6.07, 6.45) is 3.46. The van der Waals surface area contributed by atoms with Gasteiger partial charge in [0.05, 0.1) is 19.9 Å². The zero-order valence-corrected chi connectivity index (χ0v) is 17.7. The molecule has 0 saturated carbocycles. The molecular formula is C23H23N3O6. The minimum atomic E-state index is -0.714. The molecule has 1 heterocycles. The number of phenols is 1. The Bertz CT molecular complexity index is 1110. The van der Waals surface area contributed by atoms with Crippen molar-refractivity contribution in [2.75, 3.05) is 26.1 Å². The topological polar surface area (TPSA) is 117 Å². The largest absolute Gasteiger partial charge is 0.504 e. The number of benzene rings is 2. The normalized spacial score (nSPS) is 14.3. The molecule has 0 atom stereocenters. The third-order valence-corrected chi connectivity index (χ3v) is 4.72. The molecule has 0 aromatic heterocycles. The van der Waals surface area contributed by atoms with Gasteiger partial charge in [-0.05, 0) is 42.3 Å². The number of nitrogens with one attached hydrogen (secondary N) is 2. The molecule has 32 heavy (non-hydrogen) atoms. The molecule has 9 nitrogen and oxygen atoms in total. The first-order valence-corrected chi connectivity index (χ1v) is 9.66. The van der Waals surface area contributed by atoms with Crippen LogP contribution in [-0.4, -0.2) is 48.6 Å². The smallest absolute Gasteiger partial charge is 0.329 e. The van der Waals surface area contributed by atoms with Crippen LogP contribution in [0.4, 0.5) is 10.5 Å². The van der Waals surface area contributed by atoms with Crippen molar-refractivity contribution in [2.45, 2.75) is 6.42 Å². The van der Waals surface area contributed by atoms with E-state index in [4.69, 9.17) is 9.47 Å². The van der Waals surface area contributed by atoms with Crippen LogP contribution < -0.4 is 20.1 Å². The number of hydrogen-bond acceptors (Lipinski definition) is 6.